The lowest BCUT2D eigenvalue weighted by atomic mass is 10.2. The number of carbonyl (C=O) groups excluding carboxylic acids is 1. The third kappa shape index (κ3) is 3.86. The van der Waals surface area contributed by atoms with Crippen molar-refractivity contribution in [2.45, 2.75) is 26.2 Å². The van der Waals surface area contributed by atoms with Crippen LogP contribution >= 0.6 is 0 Å². The number of ether oxygens (including phenoxy) is 1. The molecule has 5 heteroatoms. The quantitative estimate of drug-likeness (QED) is 0.605. The number of hydrogen-bond acceptors (Lipinski definition) is 4. The first-order valence-electron chi connectivity index (χ1n) is 5.52. The first-order chi connectivity index (χ1) is 8.16. The summed E-state index contributed by atoms with van der Waals surface area (Å²) < 4.78 is 4.96. The zero-order valence-corrected chi connectivity index (χ0v) is 9.68. The van der Waals surface area contributed by atoms with E-state index >= 15 is 0 Å². The van der Waals surface area contributed by atoms with Crippen LogP contribution in [-0.4, -0.2) is 28.6 Å². The molecule has 0 unspecified atom stereocenters. The topological polar surface area (TPSA) is 76.5 Å². The summed E-state index contributed by atoms with van der Waals surface area (Å²) in [5, 5.41) is 8.88. The molecule has 0 aliphatic heterocycles. The van der Waals surface area contributed by atoms with Gasteiger partial charge in [0, 0.05) is 6.20 Å². The summed E-state index contributed by atoms with van der Waals surface area (Å²) in [7, 11) is 0. The van der Waals surface area contributed by atoms with Crippen LogP contribution in [-0.2, 0) is 4.74 Å². The van der Waals surface area contributed by atoms with Crippen molar-refractivity contribution in [3.05, 3.63) is 29.6 Å². The van der Waals surface area contributed by atoms with Crippen molar-refractivity contribution in [2.24, 2.45) is 0 Å². The molecule has 0 bridgehead atoms. The number of carboxylic acid groups (broad SMARTS) is 1. The van der Waals surface area contributed by atoms with Crippen LogP contribution in [0.2, 0.25) is 0 Å². The van der Waals surface area contributed by atoms with Crippen LogP contribution in [0, 0.1) is 0 Å². The molecule has 5 nitrogen and oxygen atoms in total. The van der Waals surface area contributed by atoms with E-state index in [-0.39, 0.29) is 11.3 Å². The zero-order chi connectivity index (χ0) is 12.7. The number of carbonyl (C=O) groups is 2. The second-order valence-corrected chi connectivity index (χ2v) is 3.55. The SMILES string of the molecule is CCCCCOC(=O)c1ncccc1C(=O)O. The minimum absolute atomic E-state index is 0.131. The van der Waals surface area contributed by atoms with Crippen molar-refractivity contribution in [3.8, 4) is 0 Å². The number of nitrogens with zero attached hydrogens (tertiary/aromatic N) is 1. The van der Waals surface area contributed by atoms with Gasteiger partial charge in [0.15, 0.2) is 5.69 Å². The molecule has 17 heavy (non-hydrogen) atoms. The second-order valence-electron chi connectivity index (χ2n) is 3.55. The van der Waals surface area contributed by atoms with E-state index in [1.807, 2.05) is 6.92 Å². The fourth-order valence-electron chi connectivity index (χ4n) is 1.33. The van der Waals surface area contributed by atoms with E-state index in [9.17, 15) is 9.59 Å². The molecule has 92 valence electrons. The summed E-state index contributed by atoms with van der Waals surface area (Å²) in [6.45, 7) is 2.34. The number of hydrogen-bond donors (Lipinski definition) is 1. The molecule has 1 heterocycles. The summed E-state index contributed by atoms with van der Waals surface area (Å²) in [6.07, 6.45) is 4.15. The van der Waals surface area contributed by atoms with Crippen molar-refractivity contribution in [2.75, 3.05) is 6.61 Å². The van der Waals surface area contributed by atoms with Crippen molar-refractivity contribution in [3.63, 3.8) is 0 Å². The Morgan fingerprint density at radius 3 is 2.82 bits per heavy atom. The lowest BCUT2D eigenvalue weighted by molar-refractivity contribution is 0.0480. The standard InChI is InChI=1S/C12H15NO4/c1-2-3-4-8-17-12(16)10-9(11(14)15)6-5-7-13-10/h5-7H,2-4,8H2,1H3,(H,14,15). The summed E-state index contributed by atoms with van der Waals surface area (Å²) in [5.74, 6) is -1.86. The molecule has 0 fully saturated rings. The summed E-state index contributed by atoms with van der Waals surface area (Å²) in [5.41, 5.74) is -0.274. The van der Waals surface area contributed by atoms with E-state index in [1.54, 1.807) is 0 Å². The van der Waals surface area contributed by atoms with Crippen LogP contribution in [0.3, 0.4) is 0 Å². The molecule has 1 rings (SSSR count). The van der Waals surface area contributed by atoms with Crippen LogP contribution in [0.4, 0.5) is 0 Å². The van der Waals surface area contributed by atoms with Crippen LogP contribution < -0.4 is 0 Å². The highest BCUT2D eigenvalue weighted by Gasteiger charge is 2.18. The Kier molecular flexibility index (Phi) is 5.13. The molecule has 1 aromatic rings. The number of pyridine rings is 1. The molecule has 0 aliphatic rings. The van der Waals surface area contributed by atoms with Gasteiger partial charge in [-0.05, 0) is 18.6 Å². The van der Waals surface area contributed by atoms with E-state index in [0.29, 0.717) is 6.61 Å². The van der Waals surface area contributed by atoms with Gasteiger partial charge in [-0.25, -0.2) is 14.6 Å². The highest BCUT2D eigenvalue weighted by molar-refractivity contribution is 6.00. The van der Waals surface area contributed by atoms with Crippen molar-refractivity contribution in [1.29, 1.82) is 0 Å². The maximum Gasteiger partial charge on any atom is 0.357 e. The molecule has 0 saturated heterocycles. The van der Waals surface area contributed by atoms with Gasteiger partial charge in [0.05, 0.1) is 12.2 Å². The van der Waals surface area contributed by atoms with Crippen LogP contribution in [0.25, 0.3) is 0 Å². The van der Waals surface area contributed by atoms with Gasteiger partial charge in [0.1, 0.15) is 0 Å². The highest BCUT2D eigenvalue weighted by Crippen LogP contribution is 2.07. The molecule has 0 atom stereocenters. The maximum atomic E-state index is 11.6. The molecule has 0 spiro atoms. The average Bonchev–Trinajstić information content (AvgIpc) is 2.34. The number of unbranched alkanes of at least 4 members (excludes halogenated alkanes) is 2. The molecule has 1 aromatic heterocycles. The molecular weight excluding hydrogens is 222 g/mol. The Hall–Kier alpha value is -1.91. The normalized spacial score (nSPS) is 9.94. The van der Waals surface area contributed by atoms with Crippen LogP contribution in [0.15, 0.2) is 18.3 Å². The van der Waals surface area contributed by atoms with Crippen molar-refractivity contribution >= 4 is 11.9 Å². The monoisotopic (exact) mass is 237 g/mol. The van der Waals surface area contributed by atoms with E-state index in [2.05, 4.69) is 4.98 Å². The fourth-order valence-corrected chi connectivity index (χ4v) is 1.33. The lowest BCUT2D eigenvalue weighted by Crippen LogP contribution is -2.14. The second kappa shape index (κ2) is 6.62. The molecule has 0 amide bonds. The van der Waals surface area contributed by atoms with Crippen LogP contribution in [0.1, 0.15) is 47.0 Å². The van der Waals surface area contributed by atoms with Gasteiger partial charge in [-0.1, -0.05) is 19.8 Å². The number of aromatic carboxylic acids is 1. The van der Waals surface area contributed by atoms with Gasteiger partial charge in [0.2, 0.25) is 0 Å². The molecule has 1 N–H and O–H groups in total. The first-order valence-corrected chi connectivity index (χ1v) is 5.52. The molecule has 0 aliphatic carbocycles. The summed E-state index contributed by atoms with van der Waals surface area (Å²) in [6, 6.07) is 2.80. The molecular formula is C12H15NO4. The third-order valence-corrected chi connectivity index (χ3v) is 2.21. The minimum Gasteiger partial charge on any atom is -0.478 e. The minimum atomic E-state index is -1.18. The predicted molar refractivity (Wildman–Crippen MR) is 61.0 cm³/mol. The number of rotatable bonds is 6. The van der Waals surface area contributed by atoms with Gasteiger partial charge >= 0.3 is 11.9 Å². The first kappa shape index (κ1) is 13.2. The third-order valence-electron chi connectivity index (χ3n) is 2.21. The maximum absolute atomic E-state index is 11.6. The molecule has 0 aromatic carbocycles. The highest BCUT2D eigenvalue weighted by atomic mass is 16.5. The Labute approximate surface area is 99.4 Å². The van der Waals surface area contributed by atoms with E-state index in [0.717, 1.165) is 19.3 Å². The fraction of sp³-hybridized carbons (Fsp3) is 0.417. The number of carboxylic acids is 1. The summed E-state index contributed by atoms with van der Waals surface area (Å²) >= 11 is 0. The Morgan fingerprint density at radius 2 is 2.18 bits per heavy atom. The van der Waals surface area contributed by atoms with E-state index in [1.165, 1.54) is 18.3 Å². The van der Waals surface area contributed by atoms with Crippen molar-refractivity contribution in [1.82, 2.24) is 4.98 Å². The Morgan fingerprint density at radius 1 is 1.41 bits per heavy atom. The number of esters is 1. The van der Waals surface area contributed by atoms with Gasteiger partial charge in [0.25, 0.3) is 0 Å². The van der Waals surface area contributed by atoms with Gasteiger partial charge in [-0.3, -0.25) is 0 Å². The van der Waals surface area contributed by atoms with E-state index < -0.39 is 11.9 Å². The number of aromatic nitrogens is 1. The lowest BCUT2D eigenvalue weighted by Gasteiger charge is -2.05. The Balaban J connectivity index is 2.65. The zero-order valence-electron chi connectivity index (χ0n) is 9.68. The molecule has 0 saturated carbocycles. The largest absolute Gasteiger partial charge is 0.478 e. The average molecular weight is 237 g/mol. The van der Waals surface area contributed by atoms with E-state index in [4.69, 9.17) is 9.84 Å². The predicted octanol–water partition coefficient (Wildman–Crippen LogP) is 2.13. The van der Waals surface area contributed by atoms with Crippen LogP contribution in [0.5, 0.6) is 0 Å². The smallest absolute Gasteiger partial charge is 0.357 e. The van der Waals surface area contributed by atoms with Gasteiger partial charge in [-0.15, -0.1) is 0 Å². The van der Waals surface area contributed by atoms with Crippen molar-refractivity contribution < 1.29 is 19.4 Å². The molecule has 0 radical (unpaired) electrons. The van der Waals surface area contributed by atoms with Gasteiger partial charge < -0.3 is 9.84 Å². The Bertz CT molecular complexity index is 403. The van der Waals surface area contributed by atoms with Gasteiger partial charge in [-0.2, -0.15) is 0 Å². The summed E-state index contributed by atoms with van der Waals surface area (Å²) in [4.78, 5) is 26.2.